The first-order valence-electron chi connectivity index (χ1n) is 9.83. The Morgan fingerprint density at radius 2 is 1.97 bits per heavy atom. The highest BCUT2D eigenvalue weighted by molar-refractivity contribution is 9.09. The van der Waals surface area contributed by atoms with Gasteiger partial charge in [-0.25, -0.2) is 4.39 Å². The van der Waals surface area contributed by atoms with Crippen LogP contribution in [0.2, 0.25) is 0 Å². The van der Waals surface area contributed by atoms with Gasteiger partial charge in [0.2, 0.25) is 12.2 Å². The zero-order valence-electron chi connectivity index (χ0n) is 17.0. The summed E-state index contributed by atoms with van der Waals surface area (Å²) in [6.07, 6.45) is 1.15. The van der Waals surface area contributed by atoms with E-state index in [1.165, 1.54) is 18.4 Å². The predicted molar refractivity (Wildman–Crippen MR) is 116 cm³/mol. The fraction of sp³-hybridized carbons (Fsp3) is 0.318. The average molecular weight is 489 g/mol. The van der Waals surface area contributed by atoms with Gasteiger partial charge in [0.15, 0.2) is 6.10 Å². The molecule has 1 aliphatic rings. The molecule has 0 bridgehead atoms. The highest BCUT2D eigenvalue weighted by atomic mass is 79.9. The second-order valence-electron chi connectivity index (χ2n) is 7.68. The Balaban J connectivity index is 1.74. The molecule has 3 atom stereocenters. The lowest BCUT2D eigenvalue weighted by molar-refractivity contribution is -0.136. The average Bonchev–Trinajstić information content (AvgIpc) is 3.15. The molecule has 9 heteroatoms. The second-order valence-corrected chi connectivity index (χ2v) is 8.60. The molecule has 1 amide bonds. The lowest BCUT2D eigenvalue weighted by atomic mass is 9.74. The molecule has 31 heavy (non-hydrogen) atoms. The third kappa shape index (κ3) is 5.59. The molecule has 0 saturated carbocycles. The summed E-state index contributed by atoms with van der Waals surface area (Å²) in [5, 5.41) is 2.85. The highest BCUT2D eigenvalue weighted by Crippen LogP contribution is 2.30. The largest absolute Gasteiger partial charge is 0.552 e. The Bertz CT molecular complexity index is 958. The molecule has 6 nitrogen and oxygen atoms in total. The molecular weight excluding hydrogens is 468 g/mol. The highest BCUT2D eigenvalue weighted by Gasteiger charge is 2.47. The van der Waals surface area contributed by atoms with Gasteiger partial charge in [-0.15, -0.1) is 0 Å². The first kappa shape index (κ1) is 23.2. The van der Waals surface area contributed by atoms with E-state index in [1.807, 2.05) is 19.9 Å². The van der Waals surface area contributed by atoms with Gasteiger partial charge in [0, 0.05) is 0 Å². The van der Waals surface area contributed by atoms with E-state index < -0.39 is 41.7 Å². The zero-order chi connectivity index (χ0) is 22.5. The third-order valence-electron chi connectivity index (χ3n) is 4.82. The molecule has 0 aromatic heterocycles. The molecule has 1 aliphatic heterocycles. The van der Waals surface area contributed by atoms with Gasteiger partial charge in [0.1, 0.15) is 10.6 Å². The van der Waals surface area contributed by atoms with E-state index in [9.17, 15) is 18.8 Å². The Kier molecular flexibility index (Phi) is 7.62. The number of halogens is 2. The molecule has 0 aliphatic carbocycles. The van der Waals surface area contributed by atoms with Crippen molar-refractivity contribution in [1.29, 1.82) is 0 Å². The van der Waals surface area contributed by atoms with Crippen molar-refractivity contribution in [2.75, 3.05) is 0 Å². The Hall–Kier alpha value is -2.52. The standard InChI is InChI=1S/C22H21BBrFNO5/c1-13(2)10-18(23-30-20(22(29)31-23)14-6-4-3-5-7-14)26-21(28)19(24)15-8-9-17(25)16(11-15)12-27/h3-9,11,13,18-20H,10H2,1-2H3,(H,26,28)/t18-,19?,20-/m0/s1. The quantitative estimate of drug-likeness (QED) is 0.453. The Labute approximate surface area is 188 Å². The maximum absolute atomic E-state index is 13.6. The maximum Gasteiger partial charge on any atom is 0.552 e. The SMILES string of the molecule is CC(C)C[C@H](NC(=O)C(Br)c1ccc(F)c([C]=O)c1)B1OC(=O)[C@H](c2ccccc2)O1. The van der Waals surface area contributed by atoms with Gasteiger partial charge in [0.05, 0.1) is 11.5 Å². The summed E-state index contributed by atoms with van der Waals surface area (Å²) in [7, 11) is -0.948. The molecule has 1 fully saturated rings. The molecular formula is C22H21BBrFNO5. The summed E-state index contributed by atoms with van der Waals surface area (Å²) in [5.74, 6) is -2.08. The summed E-state index contributed by atoms with van der Waals surface area (Å²) < 4.78 is 24.9. The molecule has 1 saturated heterocycles. The molecule has 3 rings (SSSR count). The summed E-state index contributed by atoms with van der Waals surface area (Å²) in [5.41, 5.74) is 0.811. The molecule has 161 valence electrons. The number of hydrogen-bond acceptors (Lipinski definition) is 5. The summed E-state index contributed by atoms with van der Waals surface area (Å²) in [6.45, 7) is 3.95. The van der Waals surface area contributed by atoms with Crippen LogP contribution in [-0.2, 0) is 23.7 Å². The normalized spacial score (nSPS) is 17.9. The van der Waals surface area contributed by atoms with E-state index in [-0.39, 0.29) is 11.5 Å². The van der Waals surface area contributed by atoms with Crippen LogP contribution in [0.4, 0.5) is 4.39 Å². The number of benzene rings is 2. The van der Waals surface area contributed by atoms with Crippen molar-refractivity contribution in [1.82, 2.24) is 5.32 Å². The topological polar surface area (TPSA) is 81.7 Å². The van der Waals surface area contributed by atoms with Gasteiger partial charge in [-0.05, 0) is 35.6 Å². The maximum atomic E-state index is 13.6. The van der Waals surface area contributed by atoms with E-state index in [4.69, 9.17) is 9.31 Å². The lowest BCUT2D eigenvalue weighted by Gasteiger charge is -2.23. The van der Waals surface area contributed by atoms with Crippen LogP contribution in [-0.4, -0.2) is 31.2 Å². The number of nitrogens with one attached hydrogen (secondary N) is 1. The fourth-order valence-corrected chi connectivity index (χ4v) is 3.76. The van der Waals surface area contributed by atoms with Gasteiger partial charge >= 0.3 is 13.1 Å². The van der Waals surface area contributed by atoms with Crippen molar-refractivity contribution in [2.45, 2.75) is 37.1 Å². The molecule has 2 aromatic rings. The monoisotopic (exact) mass is 488 g/mol. The zero-order valence-corrected chi connectivity index (χ0v) is 18.6. The minimum absolute atomic E-state index is 0.180. The van der Waals surface area contributed by atoms with Crippen LogP contribution in [0, 0.1) is 11.7 Å². The van der Waals surface area contributed by atoms with Crippen LogP contribution in [0.3, 0.4) is 0 Å². The number of alkyl halides is 1. The van der Waals surface area contributed by atoms with Crippen LogP contribution in [0.25, 0.3) is 0 Å². The molecule has 2 aromatic carbocycles. The van der Waals surface area contributed by atoms with Gasteiger partial charge in [-0.1, -0.05) is 66.2 Å². The summed E-state index contributed by atoms with van der Waals surface area (Å²) in [4.78, 5) is 35.3. The van der Waals surface area contributed by atoms with E-state index in [1.54, 1.807) is 24.3 Å². The molecule has 1 unspecified atom stereocenters. The van der Waals surface area contributed by atoms with Gasteiger partial charge in [-0.2, -0.15) is 0 Å². The Morgan fingerprint density at radius 3 is 2.61 bits per heavy atom. The predicted octanol–water partition coefficient (Wildman–Crippen LogP) is 3.59. The Morgan fingerprint density at radius 1 is 1.26 bits per heavy atom. The van der Waals surface area contributed by atoms with Crippen LogP contribution < -0.4 is 5.32 Å². The van der Waals surface area contributed by atoms with Gasteiger partial charge in [-0.3, -0.25) is 14.4 Å². The first-order valence-corrected chi connectivity index (χ1v) is 10.7. The number of carbonyl (C=O) groups is 2. The van der Waals surface area contributed by atoms with Gasteiger partial charge in [0.25, 0.3) is 0 Å². The van der Waals surface area contributed by atoms with E-state index >= 15 is 0 Å². The third-order valence-corrected chi connectivity index (χ3v) is 5.77. The van der Waals surface area contributed by atoms with Crippen LogP contribution in [0.1, 0.15) is 47.9 Å². The van der Waals surface area contributed by atoms with E-state index in [0.29, 0.717) is 17.5 Å². The second kappa shape index (κ2) is 10.2. The van der Waals surface area contributed by atoms with E-state index in [2.05, 4.69) is 21.2 Å². The number of amides is 1. The van der Waals surface area contributed by atoms with Crippen molar-refractivity contribution in [3.8, 4) is 0 Å². The molecule has 0 spiro atoms. The van der Waals surface area contributed by atoms with Crippen LogP contribution >= 0.6 is 15.9 Å². The van der Waals surface area contributed by atoms with Crippen LogP contribution in [0.5, 0.6) is 0 Å². The smallest absolute Gasteiger partial charge is 0.506 e. The summed E-state index contributed by atoms with van der Waals surface area (Å²) in [6, 6.07) is 12.8. The van der Waals surface area contributed by atoms with Crippen molar-refractivity contribution < 1.29 is 28.1 Å². The van der Waals surface area contributed by atoms with Crippen molar-refractivity contribution in [2.24, 2.45) is 5.92 Å². The molecule has 1 N–H and O–H groups in total. The number of carbonyl (C=O) groups excluding carboxylic acids is 3. The number of rotatable bonds is 8. The van der Waals surface area contributed by atoms with Crippen LogP contribution in [0.15, 0.2) is 48.5 Å². The first-order chi connectivity index (χ1) is 14.8. The number of hydrogen-bond donors (Lipinski definition) is 1. The minimum atomic E-state index is -0.948. The van der Waals surface area contributed by atoms with Crippen molar-refractivity contribution in [3.05, 3.63) is 71.0 Å². The lowest BCUT2D eigenvalue weighted by Crippen LogP contribution is -2.49. The fourth-order valence-electron chi connectivity index (χ4n) is 3.35. The minimum Gasteiger partial charge on any atom is -0.506 e. The summed E-state index contributed by atoms with van der Waals surface area (Å²) >= 11 is 3.29. The van der Waals surface area contributed by atoms with Gasteiger partial charge < -0.3 is 14.6 Å². The molecule has 1 heterocycles. The van der Waals surface area contributed by atoms with E-state index in [0.717, 1.165) is 6.07 Å². The van der Waals surface area contributed by atoms with Crippen molar-refractivity contribution in [3.63, 3.8) is 0 Å². The van der Waals surface area contributed by atoms with Crippen molar-refractivity contribution >= 4 is 41.2 Å². The molecule has 1 radical (unpaired) electrons.